The normalized spacial score (nSPS) is 11.9. The van der Waals surface area contributed by atoms with E-state index in [9.17, 15) is 5.11 Å². The molecule has 0 saturated carbocycles. The minimum Gasteiger partial charge on any atom is -0.389 e. The molecule has 0 unspecified atom stereocenters. The van der Waals surface area contributed by atoms with Crippen LogP contribution in [0.5, 0.6) is 0 Å². The van der Waals surface area contributed by atoms with Crippen LogP contribution in [-0.4, -0.2) is 33.6 Å². The molecule has 0 spiro atoms. The van der Waals surface area contributed by atoms with Gasteiger partial charge in [-0.05, 0) is 31.9 Å². The van der Waals surface area contributed by atoms with Crippen molar-refractivity contribution in [3.05, 3.63) is 18.5 Å². The van der Waals surface area contributed by atoms with Gasteiger partial charge in [-0.2, -0.15) is 5.10 Å². The Balaban J connectivity index is 2.08. The molecule has 0 aromatic carbocycles. The van der Waals surface area contributed by atoms with E-state index in [1.807, 2.05) is 30.8 Å². The maximum Gasteiger partial charge on any atom is 0.0766 e. The van der Waals surface area contributed by atoms with Crippen LogP contribution in [0.25, 0.3) is 0 Å². The van der Waals surface area contributed by atoms with Crippen LogP contribution >= 0.6 is 0 Å². The first-order valence-corrected chi connectivity index (χ1v) is 6.10. The summed E-state index contributed by atoms with van der Waals surface area (Å²) in [6.45, 7) is 6.57. The molecule has 1 aromatic heterocycles. The van der Waals surface area contributed by atoms with E-state index in [1.54, 1.807) is 6.20 Å². The number of aryl methyl sites for hydroxylation is 1. The lowest BCUT2D eigenvalue weighted by molar-refractivity contribution is 0.0326. The third kappa shape index (κ3) is 4.33. The van der Waals surface area contributed by atoms with E-state index < -0.39 is 5.60 Å². The molecule has 1 heterocycles. The largest absolute Gasteiger partial charge is 0.389 e. The van der Waals surface area contributed by atoms with Gasteiger partial charge in [0.25, 0.3) is 0 Å². The predicted octanol–water partition coefficient (Wildman–Crippen LogP) is 1.41. The molecule has 92 valence electrons. The maximum atomic E-state index is 10.0. The molecule has 0 amide bonds. The summed E-state index contributed by atoms with van der Waals surface area (Å²) >= 11 is 0. The lowest BCUT2D eigenvalue weighted by atomic mass is 9.98. The summed E-state index contributed by atoms with van der Waals surface area (Å²) in [4.78, 5) is 0. The zero-order valence-electron chi connectivity index (χ0n) is 10.3. The van der Waals surface area contributed by atoms with Crippen molar-refractivity contribution in [2.45, 2.75) is 45.3 Å². The van der Waals surface area contributed by atoms with E-state index in [0.29, 0.717) is 6.54 Å². The monoisotopic (exact) mass is 225 g/mol. The summed E-state index contributed by atoms with van der Waals surface area (Å²) in [5.41, 5.74) is -0.536. The van der Waals surface area contributed by atoms with E-state index in [-0.39, 0.29) is 0 Å². The van der Waals surface area contributed by atoms with Crippen molar-refractivity contribution in [2.24, 2.45) is 0 Å². The van der Waals surface area contributed by atoms with Gasteiger partial charge in [-0.25, -0.2) is 0 Å². The van der Waals surface area contributed by atoms with E-state index in [1.165, 1.54) is 0 Å². The highest BCUT2D eigenvalue weighted by Gasteiger charge is 2.20. The molecule has 0 fully saturated rings. The number of nitrogens with one attached hydrogen (secondary N) is 1. The van der Waals surface area contributed by atoms with Gasteiger partial charge >= 0.3 is 0 Å². The van der Waals surface area contributed by atoms with Crippen LogP contribution in [0.15, 0.2) is 18.5 Å². The summed E-state index contributed by atoms with van der Waals surface area (Å²) in [5, 5.41) is 17.5. The molecule has 0 atom stereocenters. The summed E-state index contributed by atoms with van der Waals surface area (Å²) in [7, 11) is 0. The SMILES string of the molecule is CCC(O)(CC)CNCCCn1cccn1. The van der Waals surface area contributed by atoms with Crippen LogP contribution in [0.3, 0.4) is 0 Å². The molecule has 2 N–H and O–H groups in total. The Morgan fingerprint density at radius 3 is 2.69 bits per heavy atom. The summed E-state index contributed by atoms with van der Waals surface area (Å²) in [6, 6.07) is 1.93. The number of nitrogens with zero attached hydrogens (tertiary/aromatic N) is 2. The van der Waals surface area contributed by atoms with Crippen molar-refractivity contribution in [3.63, 3.8) is 0 Å². The van der Waals surface area contributed by atoms with Crippen LogP contribution in [-0.2, 0) is 6.54 Å². The second-order valence-electron chi connectivity index (χ2n) is 4.23. The Bertz CT molecular complexity index is 268. The zero-order valence-corrected chi connectivity index (χ0v) is 10.3. The number of aliphatic hydroxyl groups is 1. The van der Waals surface area contributed by atoms with E-state index >= 15 is 0 Å². The molecule has 16 heavy (non-hydrogen) atoms. The number of hydrogen-bond acceptors (Lipinski definition) is 3. The molecule has 4 nitrogen and oxygen atoms in total. The first-order valence-electron chi connectivity index (χ1n) is 6.10. The first kappa shape index (κ1) is 13.2. The van der Waals surface area contributed by atoms with Gasteiger partial charge in [-0.15, -0.1) is 0 Å². The van der Waals surface area contributed by atoms with Crippen molar-refractivity contribution in [2.75, 3.05) is 13.1 Å². The van der Waals surface area contributed by atoms with E-state index in [4.69, 9.17) is 0 Å². The average Bonchev–Trinajstić information content (AvgIpc) is 2.81. The minimum atomic E-state index is -0.536. The second-order valence-corrected chi connectivity index (χ2v) is 4.23. The maximum absolute atomic E-state index is 10.0. The van der Waals surface area contributed by atoms with Gasteiger partial charge in [0.2, 0.25) is 0 Å². The third-order valence-electron chi connectivity index (χ3n) is 3.07. The van der Waals surface area contributed by atoms with Crippen molar-refractivity contribution >= 4 is 0 Å². The average molecular weight is 225 g/mol. The topological polar surface area (TPSA) is 50.1 Å². The number of aromatic nitrogens is 2. The summed E-state index contributed by atoms with van der Waals surface area (Å²) < 4.78 is 1.92. The molecule has 0 radical (unpaired) electrons. The minimum absolute atomic E-state index is 0.536. The van der Waals surface area contributed by atoms with Crippen molar-refractivity contribution < 1.29 is 5.11 Å². The molecule has 0 aliphatic heterocycles. The third-order valence-corrected chi connectivity index (χ3v) is 3.07. The Kier molecular flexibility index (Phi) is 5.49. The quantitative estimate of drug-likeness (QED) is 0.658. The standard InChI is InChI=1S/C12H23N3O/c1-3-12(16,4-2)11-13-7-5-9-15-10-6-8-14-15/h6,8,10,13,16H,3-5,7,9,11H2,1-2H3. The molecule has 0 aliphatic carbocycles. The van der Waals surface area contributed by atoms with Gasteiger partial charge in [0.05, 0.1) is 5.60 Å². The molecule has 0 bridgehead atoms. The lowest BCUT2D eigenvalue weighted by Gasteiger charge is -2.25. The number of rotatable bonds is 8. The van der Waals surface area contributed by atoms with E-state index in [0.717, 1.165) is 32.4 Å². The first-order chi connectivity index (χ1) is 7.70. The Morgan fingerprint density at radius 2 is 2.12 bits per heavy atom. The van der Waals surface area contributed by atoms with Crippen LogP contribution in [0, 0.1) is 0 Å². The highest BCUT2D eigenvalue weighted by molar-refractivity contribution is 4.78. The van der Waals surface area contributed by atoms with Crippen molar-refractivity contribution in [3.8, 4) is 0 Å². The Labute approximate surface area is 97.7 Å². The van der Waals surface area contributed by atoms with Gasteiger partial charge < -0.3 is 10.4 Å². The van der Waals surface area contributed by atoms with Gasteiger partial charge in [-0.1, -0.05) is 13.8 Å². The summed E-state index contributed by atoms with van der Waals surface area (Å²) in [5.74, 6) is 0. The highest BCUT2D eigenvalue weighted by atomic mass is 16.3. The molecule has 0 aliphatic rings. The zero-order chi connectivity index (χ0) is 11.9. The molecule has 1 aromatic rings. The molecule has 0 saturated heterocycles. The van der Waals surface area contributed by atoms with Gasteiger partial charge in [-0.3, -0.25) is 4.68 Å². The van der Waals surface area contributed by atoms with Crippen LogP contribution in [0.2, 0.25) is 0 Å². The van der Waals surface area contributed by atoms with Crippen molar-refractivity contribution in [1.29, 1.82) is 0 Å². The fourth-order valence-electron chi connectivity index (χ4n) is 1.62. The van der Waals surface area contributed by atoms with Crippen molar-refractivity contribution in [1.82, 2.24) is 15.1 Å². The van der Waals surface area contributed by atoms with Crippen LogP contribution in [0.1, 0.15) is 33.1 Å². The Morgan fingerprint density at radius 1 is 1.38 bits per heavy atom. The highest BCUT2D eigenvalue weighted by Crippen LogP contribution is 2.12. The van der Waals surface area contributed by atoms with Crippen LogP contribution in [0.4, 0.5) is 0 Å². The smallest absolute Gasteiger partial charge is 0.0766 e. The molecular formula is C12H23N3O. The molecular weight excluding hydrogens is 202 g/mol. The molecule has 4 heteroatoms. The number of hydrogen-bond donors (Lipinski definition) is 2. The van der Waals surface area contributed by atoms with E-state index in [2.05, 4.69) is 10.4 Å². The fourth-order valence-corrected chi connectivity index (χ4v) is 1.62. The summed E-state index contributed by atoms with van der Waals surface area (Å²) in [6.07, 6.45) is 6.39. The predicted molar refractivity (Wildman–Crippen MR) is 65.2 cm³/mol. The molecule has 1 rings (SSSR count). The lowest BCUT2D eigenvalue weighted by Crippen LogP contribution is -2.39. The van der Waals surface area contributed by atoms with Gasteiger partial charge in [0.1, 0.15) is 0 Å². The Hall–Kier alpha value is -0.870. The fraction of sp³-hybridized carbons (Fsp3) is 0.750. The second kappa shape index (κ2) is 6.66. The van der Waals surface area contributed by atoms with Gasteiger partial charge in [0, 0.05) is 25.5 Å². The van der Waals surface area contributed by atoms with Crippen LogP contribution < -0.4 is 5.32 Å². The van der Waals surface area contributed by atoms with Gasteiger partial charge in [0.15, 0.2) is 0 Å².